The Hall–Kier alpha value is -1.25. The van der Waals surface area contributed by atoms with E-state index in [2.05, 4.69) is 0 Å². The molecule has 66 valence electrons. The summed E-state index contributed by atoms with van der Waals surface area (Å²) in [4.78, 5) is 0. The second-order valence-corrected chi connectivity index (χ2v) is 2.23. The highest BCUT2D eigenvalue weighted by Crippen LogP contribution is 2.27. The fraction of sp³-hybridized carbons (Fsp3) is 0.333. The SMILES string of the molecule is CCOc1cc(F)ccc1OC. The van der Waals surface area contributed by atoms with E-state index in [-0.39, 0.29) is 5.82 Å². The zero-order valence-corrected chi connectivity index (χ0v) is 7.13. The van der Waals surface area contributed by atoms with Gasteiger partial charge in [0.1, 0.15) is 5.82 Å². The van der Waals surface area contributed by atoms with Crippen molar-refractivity contribution in [2.45, 2.75) is 6.92 Å². The summed E-state index contributed by atoms with van der Waals surface area (Å²) in [5.41, 5.74) is 0. The minimum Gasteiger partial charge on any atom is -0.493 e. The van der Waals surface area contributed by atoms with Crippen LogP contribution in [0.4, 0.5) is 4.39 Å². The summed E-state index contributed by atoms with van der Waals surface area (Å²) in [5, 5.41) is 0. The van der Waals surface area contributed by atoms with Crippen LogP contribution in [0.1, 0.15) is 6.92 Å². The van der Waals surface area contributed by atoms with E-state index in [0.717, 1.165) is 0 Å². The molecule has 1 aromatic carbocycles. The Kier molecular flexibility index (Phi) is 2.91. The van der Waals surface area contributed by atoms with E-state index >= 15 is 0 Å². The maximum absolute atomic E-state index is 12.7. The van der Waals surface area contributed by atoms with Gasteiger partial charge in [0.15, 0.2) is 11.5 Å². The van der Waals surface area contributed by atoms with E-state index < -0.39 is 0 Å². The molecule has 0 fully saturated rings. The van der Waals surface area contributed by atoms with Crippen molar-refractivity contribution in [1.82, 2.24) is 0 Å². The monoisotopic (exact) mass is 170 g/mol. The van der Waals surface area contributed by atoms with Crippen molar-refractivity contribution < 1.29 is 13.9 Å². The number of rotatable bonds is 3. The van der Waals surface area contributed by atoms with Crippen LogP contribution in [0.2, 0.25) is 0 Å². The Morgan fingerprint density at radius 1 is 1.33 bits per heavy atom. The fourth-order valence-electron chi connectivity index (χ4n) is 0.919. The summed E-state index contributed by atoms with van der Waals surface area (Å²) in [6, 6.07) is 4.18. The minimum atomic E-state index is -0.320. The van der Waals surface area contributed by atoms with Crippen LogP contribution in [-0.2, 0) is 0 Å². The summed E-state index contributed by atoms with van der Waals surface area (Å²) in [5.74, 6) is 0.678. The van der Waals surface area contributed by atoms with E-state index in [0.29, 0.717) is 18.1 Å². The van der Waals surface area contributed by atoms with Gasteiger partial charge in [0, 0.05) is 6.07 Å². The van der Waals surface area contributed by atoms with Crippen LogP contribution in [0.25, 0.3) is 0 Å². The largest absolute Gasteiger partial charge is 0.493 e. The fourth-order valence-corrected chi connectivity index (χ4v) is 0.919. The van der Waals surface area contributed by atoms with Crippen LogP contribution >= 0.6 is 0 Å². The first-order chi connectivity index (χ1) is 5.77. The number of ether oxygens (including phenoxy) is 2. The predicted octanol–water partition coefficient (Wildman–Crippen LogP) is 2.23. The number of hydrogen-bond donors (Lipinski definition) is 0. The van der Waals surface area contributed by atoms with Crippen LogP contribution in [0.3, 0.4) is 0 Å². The molecule has 0 bridgehead atoms. The molecule has 0 aromatic heterocycles. The second kappa shape index (κ2) is 3.95. The molecule has 0 saturated carbocycles. The highest BCUT2D eigenvalue weighted by Gasteiger charge is 2.03. The summed E-state index contributed by atoms with van der Waals surface area (Å²) in [6.07, 6.45) is 0. The Morgan fingerprint density at radius 3 is 2.67 bits per heavy atom. The smallest absolute Gasteiger partial charge is 0.164 e. The molecule has 0 spiro atoms. The molecule has 0 aliphatic heterocycles. The second-order valence-electron chi connectivity index (χ2n) is 2.23. The zero-order chi connectivity index (χ0) is 8.97. The average molecular weight is 170 g/mol. The van der Waals surface area contributed by atoms with E-state index in [4.69, 9.17) is 9.47 Å². The van der Waals surface area contributed by atoms with Crippen molar-refractivity contribution in [1.29, 1.82) is 0 Å². The molecule has 0 aliphatic carbocycles. The van der Waals surface area contributed by atoms with E-state index in [1.165, 1.54) is 19.2 Å². The molecule has 0 atom stereocenters. The van der Waals surface area contributed by atoms with Gasteiger partial charge in [-0.25, -0.2) is 4.39 Å². The van der Waals surface area contributed by atoms with Gasteiger partial charge in [-0.3, -0.25) is 0 Å². The Balaban J connectivity index is 2.95. The maximum atomic E-state index is 12.7. The van der Waals surface area contributed by atoms with Crippen molar-refractivity contribution in [3.63, 3.8) is 0 Å². The predicted molar refractivity (Wildman–Crippen MR) is 44.1 cm³/mol. The third-order valence-corrected chi connectivity index (χ3v) is 1.43. The molecule has 3 heteroatoms. The summed E-state index contributed by atoms with van der Waals surface area (Å²) in [7, 11) is 1.52. The lowest BCUT2D eigenvalue weighted by Gasteiger charge is -2.07. The Labute approximate surface area is 70.9 Å². The zero-order valence-electron chi connectivity index (χ0n) is 7.13. The van der Waals surface area contributed by atoms with Gasteiger partial charge in [-0.05, 0) is 19.1 Å². The summed E-state index contributed by atoms with van der Waals surface area (Å²) >= 11 is 0. The quantitative estimate of drug-likeness (QED) is 0.692. The lowest BCUT2D eigenvalue weighted by Crippen LogP contribution is -1.95. The average Bonchev–Trinajstić information content (AvgIpc) is 2.05. The van der Waals surface area contributed by atoms with Crippen LogP contribution in [0.5, 0.6) is 11.5 Å². The maximum Gasteiger partial charge on any atom is 0.164 e. The first kappa shape index (κ1) is 8.84. The molecule has 0 unspecified atom stereocenters. The lowest BCUT2D eigenvalue weighted by atomic mass is 10.3. The number of benzene rings is 1. The molecular weight excluding hydrogens is 159 g/mol. The van der Waals surface area contributed by atoms with Gasteiger partial charge in [-0.2, -0.15) is 0 Å². The highest BCUT2D eigenvalue weighted by molar-refractivity contribution is 5.39. The normalized spacial score (nSPS) is 9.58. The molecule has 0 amide bonds. The third kappa shape index (κ3) is 1.87. The highest BCUT2D eigenvalue weighted by atomic mass is 19.1. The van der Waals surface area contributed by atoms with Crippen LogP contribution in [0, 0.1) is 5.82 Å². The van der Waals surface area contributed by atoms with Crippen LogP contribution < -0.4 is 9.47 Å². The minimum absolute atomic E-state index is 0.320. The first-order valence-electron chi connectivity index (χ1n) is 3.74. The molecule has 12 heavy (non-hydrogen) atoms. The molecule has 2 nitrogen and oxygen atoms in total. The molecule has 1 rings (SSSR count). The number of halogens is 1. The topological polar surface area (TPSA) is 18.5 Å². The molecule has 0 saturated heterocycles. The lowest BCUT2D eigenvalue weighted by molar-refractivity contribution is 0.309. The van der Waals surface area contributed by atoms with Crippen molar-refractivity contribution in [3.05, 3.63) is 24.0 Å². The van der Waals surface area contributed by atoms with Gasteiger partial charge >= 0.3 is 0 Å². The van der Waals surface area contributed by atoms with E-state index in [1.54, 1.807) is 6.07 Å². The molecule has 0 aliphatic rings. The molecular formula is C9H11FO2. The van der Waals surface area contributed by atoms with Gasteiger partial charge in [0.25, 0.3) is 0 Å². The Bertz CT molecular complexity index is 261. The third-order valence-electron chi connectivity index (χ3n) is 1.43. The van der Waals surface area contributed by atoms with Crippen molar-refractivity contribution in [2.24, 2.45) is 0 Å². The Morgan fingerprint density at radius 2 is 2.08 bits per heavy atom. The first-order valence-corrected chi connectivity index (χ1v) is 3.74. The van der Waals surface area contributed by atoms with Crippen molar-refractivity contribution in [3.8, 4) is 11.5 Å². The van der Waals surface area contributed by atoms with Crippen LogP contribution in [-0.4, -0.2) is 13.7 Å². The van der Waals surface area contributed by atoms with E-state index in [9.17, 15) is 4.39 Å². The molecule has 1 aromatic rings. The molecule has 0 N–H and O–H groups in total. The van der Waals surface area contributed by atoms with Crippen molar-refractivity contribution in [2.75, 3.05) is 13.7 Å². The van der Waals surface area contributed by atoms with Gasteiger partial charge in [0.05, 0.1) is 13.7 Å². The summed E-state index contributed by atoms with van der Waals surface area (Å²) < 4.78 is 22.8. The summed E-state index contributed by atoms with van der Waals surface area (Å²) in [6.45, 7) is 2.34. The molecule has 0 radical (unpaired) electrons. The van der Waals surface area contributed by atoms with Gasteiger partial charge in [-0.15, -0.1) is 0 Å². The standard InChI is InChI=1S/C9H11FO2/c1-3-12-9-6-7(10)4-5-8(9)11-2/h4-6H,3H2,1-2H3. The van der Waals surface area contributed by atoms with Gasteiger partial charge in [-0.1, -0.05) is 0 Å². The van der Waals surface area contributed by atoms with Crippen LogP contribution in [0.15, 0.2) is 18.2 Å². The van der Waals surface area contributed by atoms with E-state index in [1.807, 2.05) is 6.92 Å². The number of hydrogen-bond acceptors (Lipinski definition) is 2. The van der Waals surface area contributed by atoms with Gasteiger partial charge < -0.3 is 9.47 Å². The molecule has 0 heterocycles. The number of methoxy groups -OCH3 is 1. The van der Waals surface area contributed by atoms with Crippen molar-refractivity contribution >= 4 is 0 Å². The van der Waals surface area contributed by atoms with Gasteiger partial charge in [0.2, 0.25) is 0 Å².